The predicted octanol–water partition coefficient (Wildman–Crippen LogP) is 3.82. The number of fused-ring (bicyclic) bond motifs is 1. The number of rotatable bonds is 2. The Bertz CT molecular complexity index is 708. The van der Waals surface area contributed by atoms with Gasteiger partial charge >= 0.3 is 0 Å². The molecule has 1 aliphatic heterocycles. The molecule has 106 valence electrons. The second-order valence-corrected chi connectivity index (χ2v) is 5.24. The van der Waals surface area contributed by atoms with E-state index in [1.54, 1.807) is 23.1 Å². The summed E-state index contributed by atoms with van der Waals surface area (Å²) in [5, 5.41) is 0. The van der Waals surface area contributed by atoms with Gasteiger partial charge in [0.15, 0.2) is 0 Å². The third-order valence-electron chi connectivity index (χ3n) is 3.76. The first-order chi connectivity index (χ1) is 10.2. The second-order valence-electron chi connectivity index (χ2n) is 5.24. The van der Waals surface area contributed by atoms with Crippen molar-refractivity contribution in [3.63, 3.8) is 0 Å². The van der Waals surface area contributed by atoms with Crippen LogP contribution in [0.5, 0.6) is 0 Å². The van der Waals surface area contributed by atoms with Gasteiger partial charge in [0.05, 0.1) is 0 Å². The van der Waals surface area contributed by atoms with Crippen LogP contribution >= 0.6 is 0 Å². The van der Waals surface area contributed by atoms with Gasteiger partial charge in [-0.1, -0.05) is 36.4 Å². The van der Waals surface area contributed by atoms with E-state index in [0.717, 1.165) is 12.1 Å². The lowest BCUT2D eigenvalue weighted by Gasteiger charge is -2.20. The van der Waals surface area contributed by atoms with Gasteiger partial charge in [-0.2, -0.15) is 0 Å². The molecule has 0 bridgehead atoms. The molecule has 3 heteroatoms. The van der Waals surface area contributed by atoms with Gasteiger partial charge in [-0.25, -0.2) is 4.39 Å². The smallest absolute Gasteiger partial charge is 0.251 e. The molecule has 1 unspecified atom stereocenters. The zero-order valence-electron chi connectivity index (χ0n) is 11.8. The van der Waals surface area contributed by atoms with E-state index in [-0.39, 0.29) is 17.8 Å². The number of carbonyl (C=O) groups excluding carboxylic acids is 1. The van der Waals surface area contributed by atoms with Crippen molar-refractivity contribution in [1.82, 2.24) is 0 Å². The van der Waals surface area contributed by atoms with Crippen molar-refractivity contribution in [3.8, 4) is 0 Å². The molecule has 21 heavy (non-hydrogen) atoms. The molecule has 2 aromatic carbocycles. The molecule has 0 saturated heterocycles. The highest BCUT2D eigenvalue weighted by Gasteiger charge is 2.29. The van der Waals surface area contributed by atoms with Crippen LogP contribution < -0.4 is 4.90 Å². The first-order valence-corrected chi connectivity index (χ1v) is 7.00. The summed E-state index contributed by atoms with van der Waals surface area (Å²) in [7, 11) is 0. The van der Waals surface area contributed by atoms with Crippen molar-refractivity contribution in [2.45, 2.75) is 19.4 Å². The quantitative estimate of drug-likeness (QED) is 0.766. The van der Waals surface area contributed by atoms with Crippen molar-refractivity contribution in [2.24, 2.45) is 0 Å². The molecule has 0 saturated carbocycles. The van der Waals surface area contributed by atoms with Crippen LogP contribution in [0, 0.1) is 5.82 Å². The number of amides is 1. The zero-order valence-corrected chi connectivity index (χ0v) is 11.8. The number of hydrogen-bond donors (Lipinski definition) is 0. The van der Waals surface area contributed by atoms with Gasteiger partial charge in [-0.3, -0.25) is 4.79 Å². The van der Waals surface area contributed by atoms with E-state index >= 15 is 0 Å². The van der Waals surface area contributed by atoms with Crippen LogP contribution in [0.3, 0.4) is 0 Å². The van der Waals surface area contributed by atoms with Gasteiger partial charge in [0.2, 0.25) is 0 Å². The van der Waals surface area contributed by atoms with E-state index in [0.29, 0.717) is 5.56 Å². The van der Waals surface area contributed by atoms with Gasteiger partial charge in [0, 0.05) is 23.4 Å². The van der Waals surface area contributed by atoms with Gasteiger partial charge in [-0.05, 0) is 37.1 Å². The third-order valence-corrected chi connectivity index (χ3v) is 3.76. The molecule has 3 rings (SSSR count). The minimum absolute atomic E-state index is 0.115. The normalized spacial score (nSPS) is 17.2. The molecule has 0 aliphatic carbocycles. The number of halogens is 1. The van der Waals surface area contributed by atoms with E-state index in [4.69, 9.17) is 0 Å². The summed E-state index contributed by atoms with van der Waals surface area (Å²) in [6, 6.07) is 14.5. The summed E-state index contributed by atoms with van der Waals surface area (Å²) >= 11 is 0. The van der Waals surface area contributed by atoms with Crippen molar-refractivity contribution < 1.29 is 9.18 Å². The molecule has 0 aromatic heterocycles. The lowest BCUT2D eigenvalue weighted by molar-refractivity contribution is -0.114. The first-order valence-electron chi connectivity index (χ1n) is 7.00. The second kappa shape index (κ2) is 5.52. The molecule has 1 aliphatic rings. The minimum atomic E-state index is -0.323. The Balaban J connectivity index is 1.85. The third kappa shape index (κ3) is 2.59. The maximum Gasteiger partial charge on any atom is 0.251 e. The van der Waals surface area contributed by atoms with E-state index in [1.165, 1.54) is 23.8 Å². The standard InChI is InChI=1S/C18H16FNO/c1-13-12-15-7-3-5-9-17(15)20(13)18(21)11-10-14-6-2-4-8-16(14)19/h2-11,13H,12H2,1H3/b11-10+. The maximum atomic E-state index is 13.6. The Kier molecular flexibility index (Phi) is 3.57. The van der Waals surface area contributed by atoms with Crippen LogP contribution in [-0.4, -0.2) is 11.9 Å². The molecule has 2 nitrogen and oxygen atoms in total. The van der Waals surface area contributed by atoms with Crippen LogP contribution in [0.25, 0.3) is 6.08 Å². The van der Waals surface area contributed by atoms with Gasteiger partial charge in [0.1, 0.15) is 5.82 Å². The molecule has 1 atom stereocenters. The predicted molar refractivity (Wildman–Crippen MR) is 82.5 cm³/mol. The number of carbonyl (C=O) groups is 1. The fourth-order valence-corrected chi connectivity index (χ4v) is 2.75. The summed E-state index contributed by atoms with van der Waals surface area (Å²) in [4.78, 5) is 14.2. The number of hydrogen-bond acceptors (Lipinski definition) is 1. The number of benzene rings is 2. The summed E-state index contributed by atoms with van der Waals surface area (Å²) in [6.45, 7) is 2.02. The SMILES string of the molecule is CC1Cc2ccccc2N1C(=O)/C=C/c1ccccc1F. The van der Waals surface area contributed by atoms with E-state index < -0.39 is 0 Å². The first kappa shape index (κ1) is 13.6. The fourth-order valence-electron chi connectivity index (χ4n) is 2.75. The largest absolute Gasteiger partial charge is 0.305 e. The molecule has 0 fully saturated rings. The molecule has 2 aromatic rings. The van der Waals surface area contributed by atoms with Gasteiger partial charge in [-0.15, -0.1) is 0 Å². The summed E-state index contributed by atoms with van der Waals surface area (Å²) in [5.41, 5.74) is 2.55. The highest BCUT2D eigenvalue weighted by Crippen LogP contribution is 2.32. The van der Waals surface area contributed by atoms with Gasteiger partial charge < -0.3 is 4.90 Å². The van der Waals surface area contributed by atoms with Crippen molar-refractivity contribution in [1.29, 1.82) is 0 Å². The summed E-state index contributed by atoms with van der Waals surface area (Å²) < 4.78 is 13.6. The topological polar surface area (TPSA) is 20.3 Å². The summed E-state index contributed by atoms with van der Waals surface area (Å²) in [6.07, 6.45) is 3.83. The Morgan fingerprint density at radius 2 is 1.90 bits per heavy atom. The van der Waals surface area contributed by atoms with Crippen molar-refractivity contribution in [3.05, 3.63) is 71.6 Å². The average Bonchev–Trinajstić information content (AvgIpc) is 2.82. The van der Waals surface area contributed by atoms with Crippen LogP contribution in [0.1, 0.15) is 18.1 Å². The molecular formula is C18H16FNO. The number of anilines is 1. The Morgan fingerprint density at radius 1 is 1.19 bits per heavy atom. The van der Waals surface area contributed by atoms with Gasteiger partial charge in [0.25, 0.3) is 5.91 Å². The summed E-state index contributed by atoms with van der Waals surface area (Å²) in [5.74, 6) is -0.438. The maximum absolute atomic E-state index is 13.6. The Labute approximate surface area is 123 Å². The van der Waals surface area contributed by atoms with Crippen LogP contribution in [0.2, 0.25) is 0 Å². The van der Waals surface area contributed by atoms with E-state index in [1.807, 2.05) is 31.2 Å². The lowest BCUT2D eigenvalue weighted by Crippen LogP contribution is -2.34. The highest BCUT2D eigenvalue weighted by molar-refractivity contribution is 6.05. The number of nitrogens with zero attached hydrogens (tertiary/aromatic N) is 1. The van der Waals surface area contributed by atoms with Crippen LogP contribution in [0.15, 0.2) is 54.6 Å². The average molecular weight is 281 g/mol. The molecule has 0 radical (unpaired) electrons. The fraction of sp³-hybridized carbons (Fsp3) is 0.167. The zero-order chi connectivity index (χ0) is 14.8. The monoisotopic (exact) mass is 281 g/mol. The molecule has 1 amide bonds. The minimum Gasteiger partial charge on any atom is -0.305 e. The van der Waals surface area contributed by atoms with Crippen LogP contribution in [0.4, 0.5) is 10.1 Å². The molecule has 0 spiro atoms. The Morgan fingerprint density at radius 3 is 2.71 bits per heavy atom. The molecule has 0 N–H and O–H groups in total. The molecule has 1 heterocycles. The highest BCUT2D eigenvalue weighted by atomic mass is 19.1. The Hall–Kier alpha value is -2.42. The van der Waals surface area contributed by atoms with Crippen LogP contribution in [-0.2, 0) is 11.2 Å². The lowest BCUT2D eigenvalue weighted by atomic mass is 10.1. The van der Waals surface area contributed by atoms with E-state index in [2.05, 4.69) is 0 Å². The van der Waals surface area contributed by atoms with Crippen molar-refractivity contribution >= 4 is 17.7 Å². The molecular weight excluding hydrogens is 265 g/mol. The number of para-hydroxylation sites is 1. The van der Waals surface area contributed by atoms with Crippen molar-refractivity contribution in [2.75, 3.05) is 4.90 Å². The van der Waals surface area contributed by atoms with E-state index in [9.17, 15) is 9.18 Å².